The molecule has 0 aliphatic rings. The molecule has 0 rings (SSSR count). The maximum absolute atomic E-state index is 11.3. The second kappa shape index (κ2) is 7.75. The standard InChI is InChI=1S/C10H17NO6.ClH/c1-10(2,3)17-9(15)11-6(8(13)14)5-7(12)16-4;/h6H,5H2,1-4H3,(H,11,15)(H,13,14);1H/t6-;/m0./s1. The topological polar surface area (TPSA) is 102 Å². The van der Waals surface area contributed by atoms with Gasteiger partial charge in [-0.1, -0.05) is 0 Å². The van der Waals surface area contributed by atoms with Crippen molar-refractivity contribution >= 4 is 30.4 Å². The number of carboxylic acids is 1. The Labute approximate surface area is 111 Å². The average molecular weight is 284 g/mol. The molecule has 0 heterocycles. The molecule has 0 saturated heterocycles. The third-order valence-corrected chi connectivity index (χ3v) is 1.59. The number of hydrogen-bond acceptors (Lipinski definition) is 5. The molecular formula is C10H18ClNO6. The van der Waals surface area contributed by atoms with E-state index in [9.17, 15) is 14.4 Å². The lowest BCUT2D eigenvalue weighted by molar-refractivity contribution is -0.147. The molecule has 0 spiro atoms. The number of amides is 1. The van der Waals surface area contributed by atoms with Crippen molar-refractivity contribution in [2.45, 2.75) is 38.8 Å². The van der Waals surface area contributed by atoms with Gasteiger partial charge in [-0.15, -0.1) is 12.4 Å². The van der Waals surface area contributed by atoms with E-state index in [-0.39, 0.29) is 12.4 Å². The van der Waals surface area contributed by atoms with Gasteiger partial charge in [0, 0.05) is 0 Å². The molecule has 1 amide bonds. The molecule has 106 valence electrons. The van der Waals surface area contributed by atoms with E-state index in [0.29, 0.717) is 0 Å². The van der Waals surface area contributed by atoms with Crippen molar-refractivity contribution in [1.29, 1.82) is 0 Å². The average Bonchev–Trinajstić information content (AvgIpc) is 2.13. The van der Waals surface area contributed by atoms with Crippen molar-refractivity contribution in [3.05, 3.63) is 0 Å². The molecule has 0 bridgehead atoms. The van der Waals surface area contributed by atoms with Gasteiger partial charge in [-0.05, 0) is 20.8 Å². The number of methoxy groups -OCH3 is 1. The summed E-state index contributed by atoms with van der Waals surface area (Å²) in [6.45, 7) is 4.92. The summed E-state index contributed by atoms with van der Waals surface area (Å²) in [4.78, 5) is 33.0. The zero-order valence-corrected chi connectivity index (χ0v) is 11.5. The van der Waals surface area contributed by atoms with Crippen LogP contribution in [0.3, 0.4) is 0 Å². The van der Waals surface area contributed by atoms with Crippen LogP contribution in [0.25, 0.3) is 0 Å². The van der Waals surface area contributed by atoms with Crippen LogP contribution >= 0.6 is 12.4 Å². The predicted molar refractivity (Wildman–Crippen MR) is 64.7 cm³/mol. The molecule has 0 aromatic carbocycles. The first kappa shape index (κ1) is 18.9. The smallest absolute Gasteiger partial charge is 0.408 e. The number of halogens is 1. The molecule has 18 heavy (non-hydrogen) atoms. The number of alkyl carbamates (subject to hydrolysis) is 1. The summed E-state index contributed by atoms with van der Waals surface area (Å²) in [7, 11) is 1.13. The van der Waals surface area contributed by atoms with Gasteiger partial charge < -0.3 is 19.9 Å². The second-order valence-electron chi connectivity index (χ2n) is 4.32. The minimum absolute atomic E-state index is 0. The molecule has 0 radical (unpaired) electrons. The molecule has 0 aromatic rings. The number of ether oxygens (including phenoxy) is 2. The van der Waals surface area contributed by atoms with Crippen molar-refractivity contribution in [3.63, 3.8) is 0 Å². The molecule has 0 aromatic heterocycles. The monoisotopic (exact) mass is 283 g/mol. The summed E-state index contributed by atoms with van der Waals surface area (Å²) in [5.74, 6) is -2.06. The lowest BCUT2D eigenvalue weighted by Gasteiger charge is -2.21. The minimum atomic E-state index is -1.36. The molecule has 8 heteroatoms. The molecule has 0 saturated carbocycles. The molecule has 0 unspecified atom stereocenters. The van der Waals surface area contributed by atoms with Crippen LogP contribution in [0.4, 0.5) is 4.79 Å². The summed E-state index contributed by atoms with van der Waals surface area (Å²) >= 11 is 0. The van der Waals surface area contributed by atoms with Gasteiger partial charge in [-0.2, -0.15) is 0 Å². The maximum Gasteiger partial charge on any atom is 0.408 e. The zero-order chi connectivity index (χ0) is 13.6. The van der Waals surface area contributed by atoms with Crippen molar-refractivity contribution < 1.29 is 29.0 Å². The van der Waals surface area contributed by atoms with Gasteiger partial charge in [0.15, 0.2) is 0 Å². The Morgan fingerprint density at radius 1 is 1.28 bits per heavy atom. The van der Waals surface area contributed by atoms with Crippen molar-refractivity contribution in [2.75, 3.05) is 7.11 Å². The fourth-order valence-corrected chi connectivity index (χ4v) is 0.900. The van der Waals surface area contributed by atoms with Crippen molar-refractivity contribution in [3.8, 4) is 0 Å². The van der Waals surface area contributed by atoms with Gasteiger partial charge >= 0.3 is 18.0 Å². The van der Waals surface area contributed by atoms with Gasteiger partial charge in [-0.3, -0.25) is 4.79 Å². The molecular weight excluding hydrogens is 266 g/mol. The number of nitrogens with one attached hydrogen (secondary N) is 1. The molecule has 0 aliphatic carbocycles. The fourth-order valence-electron chi connectivity index (χ4n) is 0.900. The molecule has 7 nitrogen and oxygen atoms in total. The minimum Gasteiger partial charge on any atom is -0.480 e. The SMILES string of the molecule is COC(=O)C[C@H](NC(=O)OC(C)(C)C)C(=O)O.Cl. The summed E-state index contributed by atoms with van der Waals surface area (Å²) in [5.41, 5.74) is -0.738. The quantitative estimate of drug-likeness (QED) is 0.745. The van der Waals surface area contributed by atoms with E-state index in [1.54, 1.807) is 20.8 Å². The molecule has 1 atom stereocenters. The van der Waals surface area contributed by atoms with E-state index >= 15 is 0 Å². The Morgan fingerprint density at radius 2 is 1.78 bits per heavy atom. The Hall–Kier alpha value is -1.50. The maximum atomic E-state index is 11.3. The number of aliphatic carboxylic acids is 1. The predicted octanol–water partition coefficient (Wildman–Crippen LogP) is 0.949. The summed E-state index contributed by atoms with van der Waals surface area (Å²) in [6, 6.07) is -1.36. The van der Waals surface area contributed by atoms with Crippen LogP contribution in [0.2, 0.25) is 0 Å². The van der Waals surface area contributed by atoms with Crippen LogP contribution in [-0.4, -0.2) is 41.9 Å². The van der Waals surface area contributed by atoms with Crippen LogP contribution < -0.4 is 5.32 Å². The van der Waals surface area contributed by atoms with Crippen LogP contribution in [-0.2, 0) is 19.1 Å². The molecule has 2 N–H and O–H groups in total. The second-order valence-corrected chi connectivity index (χ2v) is 4.32. The number of carbonyl (C=O) groups is 3. The highest BCUT2D eigenvalue weighted by Crippen LogP contribution is 2.07. The largest absolute Gasteiger partial charge is 0.480 e. The van der Waals surface area contributed by atoms with Crippen LogP contribution in [0.15, 0.2) is 0 Å². The zero-order valence-electron chi connectivity index (χ0n) is 10.7. The van der Waals surface area contributed by atoms with Crippen LogP contribution in [0.1, 0.15) is 27.2 Å². The van der Waals surface area contributed by atoms with E-state index in [4.69, 9.17) is 9.84 Å². The molecule has 0 aliphatic heterocycles. The van der Waals surface area contributed by atoms with Crippen LogP contribution in [0.5, 0.6) is 0 Å². The first-order valence-electron chi connectivity index (χ1n) is 4.95. The normalized spacial score (nSPS) is 11.8. The third-order valence-electron chi connectivity index (χ3n) is 1.59. The highest BCUT2D eigenvalue weighted by Gasteiger charge is 2.26. The third kappa shape index (κ3) is 8.63. The van der Waals surface area contributed by atoms with E-state index in [0.717, 1.165) is 7.11 Å². The van der Waals surface area contributed by atoms with Crippen molar-refractivity contribution in [1.82, 2.24) is 5.32 Å². The first-order valence-corrected chi connectivity index (χ1v) is 4.95. The van der Waals surface area contributed by atoms with E-state index in [2.05, 4.69) is 10.1 Å². The fraction of sp³-hybridized carbons (Fsp3) is 0.700. The van der Waals surface area contributed by atoms with Gasteiger partial charge in [0.05, 0.1) is 13.5 Å². The van der Waals surface area contributed by atoms with Gasteiger partial charge in [-0.25, -0.2) is 9.59 Å². The highest BCUT2D eigenvalue weighted by molar-refractivity contribution is 5.85. The van der Waals surface area contributed by atoms with E-state index < -0.39 is 36.1 Å². The number of hydrogen-bond donors (Lipinski definition) is 2. The summed E-state index contributed by atoms with van der Waals surface area (Å²) in [5, 5.41) is 10.9. The number of rotatable bonds is 4. The summed E-state index contributed by atoms with van der Waals surface area (Å²) in [6.07, 6.45) is -1.35. The van der Waals surface area contributed by atoms with Gasteiger partial charge in [0.25, 0.3) is 0 Å². The van der Waals surface area contributed by atoms with Crippen LogP contribution in [0, 0.1) is 0 Å². The Balaban J connectivity index is 0. The number of carbonyl (C=O) groups excluding carboxylic acids is 2. The Morgan fingerprint density at radius 3 is 2.11 bits per heavy atom. The highest BCUT2D eigenvalue weighted by atomic mass is 35.5. The summed E-state index contributed by atoms with van der Waals surface area (Å²) < 4.78 is 9.19. The lowest BCUT2D eigenvalue weighted by Crippen LogP contribution is -2.44. The Kier molecular flexibility index (Phi) is 8.12. The van der Waals surface area contributed by atoms with Gasteiger partial charge in [0.2, 0.25) is 0 Å². The van der Waals surface area contributed by atoms with E-state index in [1.807, 2.05) is 0 Å². The first-order chi connectivity index (χ1) is 7.65. The lowest BCUT2D eigenvalue weighted by atomic mass is 10.2. The molecule has 0 fully saturated rings. The number of esters is 1. The Bertz CT molecular complexity index is 312. The van der Waals surface area contributed by atoms with E-state index in [1.165, 1.54) is 0 Å². The number of carboxylic acid groups (broad SMARTS) is 1. The van der Waals surface area contributed by atoms with Crippen molar-refractivity contribution in [2.24, 2.45) is 0 Å². The van der Waals surface area contributed by atoms with Gasteiger partial charge in [0.1, 0.15) is 11.6 Å².